The molecule has 0 radical (unpaired) electrons. The van der Waals surface area contributed by atoms with Gasteiger partial charge in [-0.1, -0.05) is 128 Å². The van der Waals surface area contributed by atoms with Crippen LogP contribution in [0.1, 0.15) is 80.4 Å². The van der Waals surface area contributed by atoms with Crippen molar-refractivity contribution in [1.82, 2.24) is 14.7 Å². The Hall–Kier alpha value is -9.45. The SMILES string of the molecule is Cc1ccc(C(=O)c2sc3cc(O)ccc3c2Oc2ccc(CCN3CC(COc4ccc5c(Oc6ccc(CCN7CC(COc8ccc9c(Oc%10ccc(CCN%11CC(C)C%11)cc%10)c(C(=O)c%10ccccc%10)sc9c8)C7)cc6)c(C(=O)c6ccccc6C)sc5c4)C3)cc2)cc1. The van der Waals surface area contributed by atoms with E-state index in [2.05, 4.69) is 58.0 Å². The molecule has 15 rings (SSSR count). The molecule has 1 N–H and O–H groups in total. The summed E-state index contributed by atoms with van der Waals surface area (Å²) in [5.74, 6) is 6.66. The Kier molecular flexibility index (Phi) is 18.8. The van der Waals surface area contributed by atoms with Gasteiger partial charge in [-0.2, -0.15) is 0 Å². The van der Waals surface area contributed by atoms with Gasteiger partial charge < -0.3 is 43.5 Å². The number of carbonyl (C=O) groups is 3. The van der Waals surface area contributed by atoms with Crippen LogP contribution in [0.2, 0.25) is 0 Å². The maximum Gasteiger partial charge on any atom is 0.207 e. The molecule has 6 heterocycles. The molecule has 15 heteroatoms. The number of hydrogen-bond donors (Lipinski definition) is 1. The predicted octanol–water partition coefficient (Wildman–Crippen LogP) is 18.3. The van der Waals surface area contributed by atoms with Gasteiger partial charge in [0.25, 0.3) is 0 Å². The van der Waals surface area contributed by atoms with Gasteiger partial charge >= 0.3 is 0 Å². The van der Waals surface area contributed by atoms with Crippen molar-refractivity contribution in [1.29, 1.82) is 0 Å². The van der Waals surface area contributed by atoms with Gasteiger partial charge in [-0.3, -0.25) is 14.4 Å². The lowest BCUT2D eigenvalue weighted by molar-refractivity contribution is 0.0633. The minimum atomic E-state index is -0.116. The van der Waals surface area contributed by atoms with Gasteiger partial charge in [-0.15, -0.1) is 34.0 Å². The van der Waals surface area contributed by atoms with E-state index in [0.717, 1.165) is 124 Å². The Morgan fingerprint density at radius 2 is 0.806 bits per heavy atom. The molecule has 0 amide bonds. The lowest BCUT2D eigenvalue weighted by atomic mass is 10.00. The summed E-state index contributed by atoms with van der Waals surface area (Å²) in [5, 5.41) is 12.8. The van der Waals surface area contributed by atoms with E-state index < -0.39 is 0 Å². The fourth-order valence-corrected chi connectivity index (χ4v) is 16.7. The summed E-state index contributed by atoms with van der Waals surface area (Å²) in [7, 11) is 0. The number of thiophene rings is 3. The molecule has 0 atom stereocenters. The highest BCUT2D eigenvalue weighted by Gasteiger charge is 2.31. The molecular weight excluding hydrogens is 1280 g/mol. The zero-order valence-corrected chi connectivity index (χ0v) is 57.5. The topological polar surface area (TPSA) is 127 Å². The summed E-state index contributed by atoms with van der Waals surface area (Å²) in [6.45, 7) is 16.5. The molecule has 0 bridgehead atoms. The highest BCUT2D eigenvalue weighted by Crippen LogP contribution is 2.47. The monoisotopic (exact) mass is 1350 g/mol. The van der Waals surface area contributed by atoms with Crippen LogP contribution in [0.25, 0.3) is 30.3 Å². The number of benzene rings is 9. The molecule has 0 spiro atoms. The first-order valence-electron chi connectivity index (χ1n) is 33.8. The summed E-state index contributed by atoms with van der Waals surface area (Å²) < 4.78 is 35.3. The van der Waals surface area contributed by atoms with E-state index in [-0.39, 0.29) is 23.1 Å². The van der Waals surface area contributed by atoms with Crippen molar-refractivity contribution in [3.05, 3.63) is 265 Å². The molecule has 0 aliphatic carbocycles. The number of aryl methyl sites for hydroxylation is 2. The quantitative estimate of drug-likeness (QED) is 0.0492. The van der Waals surface area contributed by atoms with Gasteiger partial charge in [0.2, 0.25) is 17.3 Å². The first-order chi connectivity index (χ1) is 47.8. The second kappa shape index (κ2) is 28.6. The normalized spacial score (nSPS) is 14.7. The molecule has 9 aromatic carbocycles. The van der Waals surface area contributed by atoms with E-state index in [9.17, 15) is 19.5 Å². The van der Waals surface area contributed by atoms with Gasteiger partial charge in [-0.05, 0) is 152 Å². The Labute approximate surface area is 582 Å². The fourth-order valence-electron chi connectivity index (χ4n) is 13.4. The Morgan fingerprint density at radius 1 is 0.418 bits per heavy atom. The summed E-state index contributed by atoms with van der Waals surface area (Å²) in [6, 6.07) is 66.4. The zero-order valence-electron chi connectivity index (χ0n) is 55.0. The Morgan fingerprint density at radius 3 is 1.26 bits per heavy atom. The Bertz CT molecular complexity index is 4870. The summed E-state index contributed by atoms with van der Waals surface area (Å²) >= 11 is 4.21. The van der Waals surface area contributed by atoms with Crippen LogP contribution in [0.15, 0.2) is 206 Å². The average Bonchev–Trinajstić information content (AvgIpc) is 1.68. The van der Waals surface area contributed by atoms with E-state index in [1.807, 2.05) is 166 Å². The largest absolute Gasteiger partial charge is 0.508 e. The average molecular weight is 1350 g/mol. The van der Waals surface area contributed by atoms with Crippen LogP contribution in [0.5, 0.6) is 51.7 Å². The van der Waals surface area contributed by atoms with Crippen molar-refractivity contribution in [2.75, 3.05) is 72.1 Å². The zero-order chi connectivity index (χ0) is 66.8. The number of rotatable bonds is 27. The molecule has 3 fully saturated rings. The summed E-state index contributed by atoms with van der Waals surface area (Å²) in [4.78, 5) is 51.2. The van der Waals surface area contributed by atoms with Gasteiger partial charge in [0.1, 0.15) is 49.1 Å². The van der Waals surface area contributed by atoms with Crippen LogP contribution in [0.3, 0.4) is 0 Å². The van der Waals surface area contributed by atoms with E-state index in [1.165, 1.54) is 63.8 Å². The number of ketones is 3. The van der Waals surface area contributed by atoms with Crippen molar-refractivity contribution in [2.24, 2.45) is 17.8 Å². The number of phenols is 1. The summed E-state index contributed by atoms with van der Waals surface area (Å²) in [5.41, 5.74) is 7.51. The van der Waals surface area contributed by atoms with Crippen LogP contribution in [-0.4, -0.2) is 109 Å². The van der Waals surface area contributed by atoms with Crippen molar-refractivity contribution >= 4 is 81.6 Å². The number of hydrogen-bond acceptors (Lipinski definition) is 15. The van der Waals surface area contributed by atoms with Crippen molar-refractivity contribution in [3.8, 4) is 51.7 Å². The number of fused-ring (bicyclic) bond motifs is 3. The van der Waals surface area contributed by atoms with Crippen molar-refractivity contribution < 1.29 is 43.2 Å². The lowest BCUT2D eigenvalue weighted by Crippen LogP contribution is -2.49. The standard InChI is InChI=1S/C83H75N3O9S3/c1-52-13-21-61(22-14-52)76(89)82-78(69-32-23-62(87)41-72(69)96-82)93-63-26-17-56(18-27-63)36-39-85-48-59(49-85)51-92-67-31-34-71-74(43-67)98-83(77(90)68-12-8-7-9-54(68)3)80(71)95-65-28-19-57(20-29-65)37-40-86-46-58(47-86)50-91-66-30-33-70-73(42-66)97-81(75(88)60-10-5-4-6-11-60)79(70)94-64-24-15-55(16-25-64)35-38-84-44-53(2)45-84/h4-34,41-43,53,58-59,87H,35-40,44-51H2,1-3H3. The highest BCUT2D eigenvalue weighted by atomic mass is 32.1. The molecule has 0 unspecified atom stereocenters. The highest BCUT2D eigenvalue weighted by molar-refractivity contribution is 7.22. The van der Waals surface area contributed by atoms with Crippen LogP contribution in [-0.2, 0) is 19.3 Å². The minimum absolute atomic E-state index is 0.0616. The molecular formula is C83H75N3O9S3. The van der Waals surface area contributed by atoms with Crippen LogP contribution in [0.4, 0.5) is 0 Å². The van der Waals surface area contributed by atoms with Crippen molar-refractivity contribution in [2.45, 2.75) is 40.0 Å². The molecule has 98 heavy (non-hydrogen) atoms. The maximum absolute atomic E-state index is 14.4. The summed E-state index contributed by atoms with van der Waals surface area (Å²) in [6.07, 6.45) is 2.76. The molecule has 494 valence electrons. The van der Waals surface area contributed by atoms with Crippen LogP contribution >= 0.6 is 34.0 Å². The van der Waals surface area contributed by atoms with Crippen molar-refractivity contribution in [3.63, 3.8) is 0 Å². The maximum atomic E-state index is 14.4. The molecule has 3 saturated heterocycles. The number of likely N-dealkylation sites (tertiary alicyclic amines) is 3. The second-order valence-electron chi connectivity index (χ2n) is 26.5. The third-order valence-corrected chi connectivity index (χ3v) is 22.4. The number of ether oxygens (including phenoxy) is 5. The first kappa shape index (κ1) is 64.5. The smallest absolute Gasteiger partial charge is 0.207 e. The molecule has 3 aliphatic heterocycles. The van der Waals surface area contributed by atoms with Crippen LogP contribution < -0.4 is 23.7 Å². The third kappa shape index (κ3) is 14.4. The Balaban J connectivity index is 0.529. The van der Waals surface area contributed by atoms with Crippen LogP contribution in [0, 0.1) is 31.6 Å². The lowest BCUT2D eigenvalue weighted by Gasteiger charge is -2.39. The van der Waals surface area contributed by atoms with E-state index >= 15 is 0 Å². The molecule has 0 saturated carbocycles. The number of carbonyl (C=O) groups excluding carboxylic acids is 3. The second-order valence-corrected chi connectivity index (χ2v) is 29.7. The molecule has 3 aliphatic rings. The molecule has 3 aromatic heterocycles. The molecule has 12 nitrogen and oxygen atoms in total. The number of aromatic hydroxyl groups is 1. The minimum Gasteiger partial charge on any atom is -0.508 e. The first-order valence-corrected chi connectivity index (χ1v) is 36.2. The van der Waals surface area contributed by atoms with E-state index in [4.69, 9.17) is 23.7 Å². The van der Waals surface area contributed by atoms with Gasteiger partial charge in [-0.25, -0.2) is 0 Å². The van der Waals surface area contributed by atoms with Gasteiger partial charge in [0.05, 0.1) is 13.2 Å². The van der Waals surface area contributed by atoms with Gasteiger partial charge in [0.15, 0.2) is 17.2 Å². The van der Waals surface area contributed by atoms with E-state index in [1.54, 1.807) is 18.2 Å². The fraction of sp³-hybridized carbons (Fsp3) is 0.241. The number of nitrogens with zero attached hydrogens (tertiary/aromatic N) is 3. The third-order valence-electron chi connectivity index (χ3n) is 19.0. The van der Waals surface area contributed by atoms with Gasteiger partial charge in [0, 0.05) is 118 Å². The predicted molar refractivity (Wildman–Crippen MR) is 393 cm³/mol. The van der Waals surface area contributed by atoms with E-state index in [0.29, 0.717) is 90.9 Å². The number of phenolic OH excluding ortho intramolecular Hbond substituents is 1. The molecule has 12 aromatic rings.